The highest BCUT2D eigenvalue weighted by molar-refractivity contribution is 7.90. The molecule has 3 heterocycles. The number of nitrogens with zero attached hydrogens (tertiary/aromatic N) is 2. The number of sulfonamides is 1. The van der Waals surface area contributed by atoms with E-state index in [1.165, 1.54) is 4.90 Å². The van der Waals surface area contributed by atoms with Gasteiger partial charge < -0.3 is 19.1 Å². The predicted octanol–water partition coefficient (Wildman–Crippen LogP) is 5.92. The zero-order valence-electron chi connectivity index (χ0n) is 32.3. The Morgan fingerprint density at radius 3 is 2.54 bits per heavy atom. The van der Waals surface area contributed by atoms with Gasteiger partial charge in [0.15, 0.2) is 5.78 Å². The van der Waals surface area contributed by atoms with Gasteiger partial charge in [-0.25, -0.2) is 13.4 Å². The maximum Gasteiger partial charge on any atom is 0.307 e. The lowest BCUT2D eigenvalue weighted by Gasteiger charge is -2.32. The van der Waals surface area contributed by atoms with Crippen molar-refractivity contribution in [3.63, 3.8) is 0 Å². The van der Waals surface area contributed by atoms with Gasteiger partial charge in [0.1, 0.15) is 17.5 Å². The molecule has 4 aliphatic rings. The molecule has 2 amide bonds. The first-order valence-corrected chi connectivity index (χ1v) is 21.0. The Labute approximate surface area is 318 Å². The first-order chi connectivity index (χ1) is 25.5. The molecule has 2 saturated carbocycles. The van der Waals surface area contributed by atoms with Gasteiger partial charge in [-0.15, -0.1) is 0 Å². The highest BCUT2D eigenvalue weighted by Crippen LogP contribution is 2.57. The predicted molar refractivity (Wildman–Crippen MR) is 203 cm³/mol. The van der Waals surface area contributed by atoms with Crippen LogP contribution in [-0.4, -0.2) is 78.0 Å². The minimum absolute atomic E-state index is 0.0655. The molecule has 1 aromatic carbocycles. The van der Waals surface area contributed by atoms with E-state index in [0.717, 1.165) is 23.6 Å². The average Bonchev–Trinajstić information content (AvgIpc) is 4.01. The maximum absolute atomic E-state index is 14.8. The number of allylic oxidation sites excluding steroid dienone is 2. The fraction of sp³-hybridized carbons (Fsp3) is 0.634. The molecule has 7 atom stereocenters. The molecule has 2 aliphatic heterocycles. The minimum Gasteiger partial charge on any atom is -0.494 e. The summed E-state index contributed by atoms with van der Waals surface area (Å²) in [5.41, 5.74) is -1.99. The smallest absolute Gasteiger partial charge is 0.307 e. The molecule has 0 unspecified atom stereocenters. The standard InChI is InChI=1S/C41H55N3O9S/c1-7-51-29-12-15-32-27(19-29)16-17-42-37(32)52-30-20-34-35(45)23-41(39(48)43-54(49,50)31-13-14-31)22-28(41)11-9-8-10-25(2)18-26(3)33(38(47)44(34)24-30)21-36(46)53-40(4,5)6/h9,11-12,15-17,19,25-26,28,30-31,33-34H,7-8,10,13-14,18,20-24H2,1-6H3,(H,43,48)/b11-9-/t25-,26-,28-,30-,33+,34+,41-/m1/s1. The van der Waals surface area contributed by atoms with E-state index in [4.69, 9.17) is 14.2 Å². The number of hydrogen-bond donors (Lipinski definition) is 1. The van der Waals surface area contributed by atoms with Gasteiger partial charge in [0, 0.05) is 24.4 Å². The van der Waals surface area contributed by atoms with Gasteiger partial charge in [-0.05, 0) is 114 Å². The summed E-state index contributed by atoms with van der Waals surface area (Å²) in [5, 5.41) is 1.00. The molecule has 0 spiro atoms. The molecular weight excluding hydrogens is 711 g/mol. The molecular formula is C41H55N3O9S. The van der Waals surface area contributed by atoms with Crippen molar-refractivity contribution < 1.29 is 41.8 Å². The van der Waals surface area contributed by atoms with Crippen molar-refractivity contribution in [2.45, 2.75) is 122 Å². The molecule has 1 aromatic heterocycles. The number of esters is 1. The lowest BCUT2D eigenvalue weighted by atomic mass is 9.82. The summed E-state index contributed by atoms with van der Waals surface area (Å²) >= 11 is 0. The molecule has 12 nitrogen and oxygen atoms in total. The Hall–Kier alpha value is -4.00. The molecule has 13 heteroatoms. The van der Waals surface area contributed by atoms with Gasteiger partial charge in [0.2, 0.25) is 27.7 Å². The lowest BCUT2D eigenvalue weighted by molar-refractivity contribution is -0.160. The molecule has 54 heavy (non-hydrogen) atoms. The fourth-order valence-corrected chi connectivity index (χ4v) is 9.57. The van der Waals surface area contributed by atoms with Gasteiger partial charge in [-0.2, -0.15) is 0 Å². The number of amides is 2. The van der Waals surface area contributed by atoms with Crippen LogP contribution in [0.5, 0.6) is 11.6 Å². The third-order valence-corrected chi connectivity index (χ3v) is 13.1. The third kappa shape index (κ3) is 9.09. The summed E-state index contributed by atoms with van der Waals surface area (Å²) in [6.07, 6.45) is 8.29. The van der Waals surface area contributed by atoms with E-state index >= 15 is 0 Å². The van der Waals surface area contributed by atoms with Crippen LogP contribution in [0.2, 0.25) is 0 Å². The summed E-state index contributed by atoms with van der Waals surface area (Å²) in [7, 11) is -3.85. The number of benzene rings is 1. The monoisotopic (exact) mass is 765 g/mol. The number of rotatable bonds is 9. The summed E-state index contributed by atoms with van der Waals surface area (Å²) in [6.45, 7) is 11.9. The van der Waals surface area contributed by atoms with Crippen molar-refractivity contribution in [2.75, 3.05) is 13.2 Å². The van der Waals surface area contributed by atoms with E-state index in [-0.39, 0.29) is 55.3 Å². The molecule has 6 rings (SSSR count). The van der Waals surface area contributed by atoms with Crippen LogP contribution in [0.15, 0.2) is 42.6 Å². The first kappa shape index (κ1) is 39.7. The van der Waals surface area contributed by atoms with Gasteiger partial charge in [-0.3, -0.25) is 23.9 Å². The maximum atomic E-state index is 14.8. The Bertz CT molecular complexity index is 1900. The quantitative estimate of drug-likeness (QED) is 0.240. The highest BCUT2D eigenvalue weighted by atomic mass is 32.2. The minimum atomic E-state index is -3.85. The first-order valence-electron chi connectivity index (χ1n) is 19.5. The summed E-state index contributed by atoms with van der Waals surface area (Å²) in [4.78, 5) is 62.6. The number of carbonyl (C=O) groups is 4. The van der Waals surface area contributed by atoms with Crippen LogP contribution in [0, 0.1) is 29.1 Å². The van der Waals surface area contributed by atoms with E-state index < -0.39 is 56.2 Å². The van der Waals surface area contributed by atoms with E-state index in [0.29, 0.717) is 43.9 Å². The Morgan fingerprint density at radius 1 is 1.07 bits per heavy atom. The molecule has 1 N–H and O–H groups in total. The Kier molecular flexibility index (Phi) is 11.5. The van der Waals surface area contributed by atoms with Crippen molar-refractivity contribution in [1.29, 1.82) is 0 Å². The number of aromatic nitrogens is 1. The molecule has 2 aliphatic carbocycles. The summed E-state index contributed by atoms with van der Waals surface area (Å²) in [6, 6.07) is 6.49. The van der Waals surface area contributed by atoms with Gasteiger partial charge >= 0.3 is 5.97 Å². The van der Waals surface area contributed by atoms with Gasteiger partial charge in [0.05, 0.1) is 42.2 Å². The molecule has 2 aromatic rings. The number of hydrogen-bond acceptors (Lipinski definition) is 10. The number of fused-ring (bicyclic) bond motifs is 3. The zero-order chi connectivity index (χ0) is 39.0. The molecule has 0 radical (unpaired) electrons. The van der Waals surface area contributed by atoms with E-state index in [9.17, 15) is 27.6 Å². The van der Waals surface area contributed by atoms with Crippen LogP contribution in [0.4, 0.5) is 0 Å². The number of pyridine rings is 1. The van der Waals surface area contributed by atoms with Crippen LogP contribution < -0.4 is 14.2 Å². The third-order valence-electron chi connectivity index (χ3n) is 11.3. The molecule has 1 saturated heterocycles. The van der Waals surface area contributed by atoms with Crippen molar-refractivity contribution in [2.24, 2.45) is 29.1 Å². The SMILES string of the molecule is CCOc1ccc2c(O[C@@H]3C[C@H]4C(=O)C[C@]5(C(=O)NS(=O)(=O)C6CC6)C[C@H]5/C=C\CC[C@@H](C)C[C@@H](C)[C@H](CC(=O)OC(C)(C)C)C(=O)N4C3)nccc2c1. The second-order valence-electron chi connectivity index (χ2n) is 16.9. The Balaban J connectivity index is 1.34. The largest absolute Gasteiger partial charge is 0.494 e. The van der Waals surface area contributed by atoms with Crippen LogP contribution in [0.25, 0.3) is 10.8 Å². The topological polar surface area (TPSA) is 158 Å². The van der Waals surface area contributed by atoms with E-state index in [1.54, 1.807) is 27.0 Å². The van der Waals surface area contributed by atoms with Crippen LogP contribution >= 0.6 is 0 Å². The van der Waals surface area contributed by atoms with Crippen LogP contribution in [-0.2, 0) is 33.9 Å². The fourth-order valence-electron chi connectivity index (χ4n) is 8.19. The summed E-state index contributed by atoms with van der Waals surface area (Å²) in [5.74, 6) is -1.85. The number of Topliss-reactive ketones (excluding diaryl/α,β-unsaturated/α-hetero) is 1. The lowest BCUT2D eigenvalue weighted by Crippen LogP contribution is -2.47. The second kappa shape index (κ2) is 15.6. The van der Waals surface area contributed by atoms with Crippen LogP contribution in [0.3, 0.4) is 0 Å². The van der Waals surface area contributed by atoms with Crippen molar-refractivity contribution >= 4 is 44.4 Å². The summed E-state index contributed by atoms with van der Waals surface area (Å²) < 4.78 is 46.0. The normalized spacial score (nSPS) is 30.0. The van der Waals surface area contributed by atoms with Gasteiger partial charge in [-0.1, -0.05) is 26.0 Å². The van der Waals surface area contributed by atoms with Gasteiger partial charge in [0.25, 0.3) is 0 Å². The van der Waals surface area contributed by atoms with Crippen molar-refractivity contribution in [3.05, 3.63) is 42.6 Å². The second-order valence-corrected chi connectivity index (χ2v) is 18.9. The van der Waals surface area contributed by atoms with E-state index in [1.807, 2.05) is 50.3 Å². The van der Waals surface area contributed by atoms with E-state index in [2.05, 4.69) is 16.6 Å². The number of nitrogens with one attached hydrogen (secondary N) is 1. The number of ketones is 1. The molecule has 294 valence electrons. The molecule has 3 fully saturated rings. The highest BCUT2D eigenvalue weighted by Gasteiger charge is 2.61. The zero-order valence-corrected chi connectivity index (χ0v) is 33.2. The van der Waals surface area contributed by atoms with Crippen LogP contribution in [0.1, 0.15) is 99.3 Å². The number of carbonyl (C=O) groups excluding carboxylic acids is 4. The van der Waals surface area contributed by atoms with Crippen molar-refractivity contribution in [3.8, 4) is 11.6 Å². The Morgan fingerprint density at radius 2 is 1.83 bits per heavy atom. The molecule has 0 bridgehead atoms. The number of ether oxygens (including phenoxy) is 3. The average molecular weight is 766 g/mol. The van der Waals surface area contributed by atoms with Crippen molar-refractivity contribution in [1.82, 2.24) is 14.6 Å².